The van der Waals surface area contributed by atoms with E-state index >= 15 is 0 Å². The molecule has 3 fully saturated rings. The number of rotatable bonds is 4. The van der Waals surface area contributed by atoms with Crippen LogP contribution in [0.25, 0.3) is 0 Å². The van der Waals surface area contributed by atoms with Gasteiger partial charge in [0.05, 0.1) is 32.0 Å². The van der Waals surface area contributed by atoms with Gasteiger partial charge in [-0.3, -0.25) is 4.79 Å². The molecule has 0 saturated carbocycles. The van der Waals surface area contributed by atoms with E-state index in [1.807, 2.05) is 18.2 Å². The van der Waals surface area contributed by atoms with Crippen molar-refractivity contribution < 1.29 is 23.7 Å². The van der Waals surface area contributed by atoms with E-state index in [9.17, 15) is 4.79 Å². The van der Waals surface area contributed by atoms with Crippen molar-refractivity contribution in [1.82, 2.24) is 0 Å². The molecule has 0 unspecified atom stereocenters. The molecule has 3 saturated heterocycles. The van der Waals surface area contributed by atoms with E-state index in [1.165, 1.54) is 12.0 Å². The van der Waals surface area contributed by atoms with Crippen LogP contribution < -0.4 is 0 Å². The summed E-state index contributed by atoms with van der Waals surface area (Å²) < 4.78 is 23.3. The molecule has 0 radical (unpaired) electrons. The summed E-state index contributed by atoms with van der Waals surface area (Å²) in [4.78, 5) is 13.6. The third kappa shape index (κ3) is 2.75. The Bertz CT molecular complexity index is 601. The summed E-state index contributed by atoms with van der Waals surface area (Å²) in [5.41, 5.74) is -0.306. The van der Waals surface area contributed by atoms with E-state index in [4.69, 9.17) is 18.9 Å². The molecule has 0 N–H and O–H groups in total. The first-order chi connectivity index (χ1) is 11.7. The van der Waals surface area contributed by atoms with Gasteiger partial charge in [-0.1, -0.05) is 18.2 Å². The predicted octanol–water partition coefficient (Wildman–Crippen LogP) is 2.63. The van der Waals surface area contributed by atoms with E-state index < -0.39 is 11.7 Å². The summed E-state index contributed by atoms with van der Waals surface area (Å²) in [7, 11) is 1.41. The maximum absolute atomic E-state index is 12.3. The van der Waals surface area contributed by atoms with Crippen LogP contribution in [0.4, 0.5) is 0 Å². The van der Waals surface area contributed by atoms with Crippen molar-refractivity contribution in [3.05, 3.63) is 30.3 Å². The lowest BCUT2D eigenvalue weighted by Gasteiger charge is -2.46. The zero-order valence-electron chi connectivity index (χ0n) is 13.7. The molecule has 130 valence electrons. The van der Waals surface area contributed by atoms with Crippen LogP contribution in [0, 0.1) is 5.92 Å². The molecule has 1 spiro atoms. The fourth-order valence-electron chi connectivity index (χ4n) is 4.15. The number of hydrogen-bond acceptors (Lipinski definition) is 6. The van der Waals surface area contributed by atoms with E-state index in [2.05, 4.69) is 12.1 Å². The van der Waals surface area contributed by atoms with Gasteiger partial charge in [0.15, 0.2) is 5.79 Å². The molecule has 0 aromatic heterocycles. The van der Waals surface area contributed by atoms with Gasteiger partial charge in [0.25, 0.3) is 0 Å². The fraction of sp³-hybridized carbons (Fsp3) is 0.611. The van der Waals surface area contributed by atoms with Crippen LogP contribution in [0.1, 0.15) is 19.3 Å². The molecule has 2 bridgehead atoms. The number of benzene rings is 1. The van der Waals surface area contributed by atoms with Gasteiger partial charge in [0, 0.05) is 17.1 Å². The number of esters is 1. The van der Waals surface area contributed by atoms with Gasteiger partial charge in [-0.25, -0.2) is 0 Å². The largest absolute Gasteiger partial charge is 0.469 e. The molecule has 1 aromatic rings. The molecule has 3 atom stereocenters. The molecule has 6 heteroatoms. The second kappa shape index (κ2) is 6.33. The first-order valence-electron chi connectivity index (χ1n) is 8.38. The van der Waals surface area contributed by atoms with Crippen molar-refractivity contribution >= 4 is 17.7 Å². The molecular formula is C18H22O5S. The van der Waals surface area contributed by atoms with Crippen LogP contribution in [0.15, 0.2) is 35.2 Å². The summed E-state index contributed by atoms with van der Waals surface area (Å²) >= 11 is 1.78. The highest BCUT2D eigenvalue weighted by molar-refractivity contribution is 7.99. The molecule has 3 aliphatic heterocycles. The smallest absolute Gasteiger partial charge is 0.316 e. The van der Waals surface area contributed by atoms with Gasteiger partial charge in [-0.15, -0.1) is 11.8 Å². The molecule has 1 aromatic carbocycles. The summed E-state index contributed by atoms with van der Waals surface area (Å²) in [6, 6.07) is 10.3. The van der Waals surface area contributed by atoms with E-state index in [-0.39, 0.29) is 17.7 Å². The maximum Gasteiger partial charge on any atom is 0.316 e. The number of fused-ring (bicyclic) bond motifs is 2. The third-order valence-electron chi connectivity index (χ3n) is 5.18. The lowest BCUT2D eigenvalue weighted by molar-refractivity contribution is -0.280. The topological polar surface area (TPSA) is 54.0 Å². The van der Waals surface area contributed by atoms with Crippen LogP contribution in [-0.4, -0.2) is 49.5 Å². The van der Waals surface area contributed by atoms with Gasteiger partial charge in [-0.05, 0) is 25.0 Å². The molecular weight excluding hydrogens is 328 g/mol. The second-order valence-corrected chi connectivity index (χ2v) is 7.71. The number of ether oxygens (including phenoxy) is 4. The van der Waals surface area contributed by atoms with Crippen LogP contribution >= 0.6 is 11.8 Å². The molecule has 0 aliphatic carbocycles. The summed E-state index contributed by atoms with van der Waals surface area (Å²) in [6.07, 6.45) is 2.14. The number of thioether (sulfide) groups is 1. The van der Waals surface area contributed by atoms with Crippen molar-refractivity contribution in [2.45, 2.75) is 41.7 Å². The van der Waals surface area contributed by atoms with Gasteiger partial charge in [-0.2, -0.15) is 0 Å². The van der Waals surface area contributed by atoms with Gasteiger partial charge in [0.2, 0.25) is 0 Å². The van der Waals surface area contributed by atoms with Crippen molar-refractivity contribution in [1.29, 1.82) is 0 Å². The minimum Gasteiger partial charge on any atom is -0.469 e. The highest BCUT2D eigenvalue weighted by Gasteiger charge is 2.64. The minimum absolute atomic E-state index is 0.194. The van der Waals surface area contributed by atoms with Crippen molar-refractivity contribution in [3.8, 4) is 0 Å². The summed E-state index contributed by atoms with van der Waals surface area (Å²) in [5.74, 6) is -0.852. The lowest BCUT2D eigenvalue weighted by Crippen LogP contribution is -2.58. The average molecular weight is 350 g/mol. The average Bonchev–Trinajstić information content (AvgIpc) is 3.20. The predicted molar refractivity (Wildman–Crippen MR) is 88.8 cm³/mol. The van der Waals surface area contributed by atoms with E-state index in [1.54, 1.807) is 11.8 Å². The van der Waals surface area contributed by atoms with Gasteiger partial charge in [0.1, 0.15) is 5.92 Å². The molecule has 3 aliphatic rings. The Hall–Kier alpha value is -1.08. The number of hydrogen-bond donors (Lipinski definition) is 0. The maximum atomic E-state index is 12.3. The standard InChI is InChI=1S/C18H22O5S/c1-20-16(19)15-14-7-8-17(23-14,11-18(15)21-9-10-22-18)12-24-13-5-3-2-4-6-13/h2-6,14-15H,7-12H2,1H3/t14-,15-,17+/m1/s1. The Morgan fingerprint density at radius 1 is 1.29 bits per heavy atom. The first-order valence-corrected chi connectivity index (χ1v) is 9.36. The molecule has 5 nitrogen and oxygen atoms in total. The third-order valence-corrected chi connectivity index (χ3v) is 6.45. The first kappa shape index (κ1) is 16.4. The zero-order valence-corrected chi connectivity index (χ0v) is 14.6. The van der Waals surface area contributed by atoms with Crippen LogP contribution in [0.3, 0.4) is 0 Å². The molecule has 24 heavy (non-hydrogen) atoms. The normalized spacial score (nSPS) is 33.7. The summed E-state index contributed by atoms with van der Waals surface area (Å²) in [5, 5.41) is 0. The van der Waals surface area contributed by atoms with E-state index in [0.29, 0.717) is 19.6 Å². The van der Waals surface area contributed by atoms with Crippen LogP contribution in [-0.2, 0) is 23.7 Å². The SMILES string of the molecule is COC(=O)[C@H]1[C@H]2CC[C@@](CSc3ccccc3)(CC13OCCO3)O2. The second-order valence-electron chi connectivity index (χ2n) is 6.67. The Morgan fingerprint density at radius 2 is 2.04 bits per heavy atom. The van der Waals surface area contributed by atoms with Gasteiger partial charge >= 0.3 is 5.97 Å². The molecule has 0 amide bonds. The number of methoxy groups -OCH3 is 1. The van der Waals surface area contributed by atoms with Crippen molar-refractivity contribution in [2.24, 2.45) is 5.92 Å². The van der Waals surface area contributed by atoms with Crippen molar-refractivity contribution in [2.75, 3.05) is 26.1 Å². The highest BCUT2D eigenvalue weighted by Crippen LogP contribution is 2.53. The molecule has 4 rings (SSSR count). The lowest BCUT2D eigenvalue weighted by atomic mass is 9.84. The Morgan fingerprint density at radius 3 is 2.75 bits per heavy atom. The Labute approximate surface area is 146 Å². The molecule has 3 heterocycles. The Balaban J connectivity index is 1.55. The summed E-state index contributed by atoms with van der Waals surface area (Å²) in [6.45, 7) is 1.03. The quantitative estimate of drug-likeness (QED) is 0.615. The zero-order chi connectivity index (χ0) is 16.6. The van der Waals surface area contributed by atoms with Gasteiger partial charge < -0.3 is 18.9 Å². The monoisotopic (exact) mass is 350 g/mol. The van der Waals surface area contributed by atoms with Crippen LogP contribution in [0.2, 0.25) is 0 Å². The van der Waals surface area contributed by atoms with Crippen molar-refractivity contribution in [3.63, 3.8) is 0 Å². The Kier molecular flexibility index (Phi) is 4.33. The van der Waals surface area contributed by atoms with Crippen LogP contribution in [0.5, 0.6) is 0 Å². The minimum atomic E-state index is -0.885. The fourth-order valence-corrected chi connectivity index (χ4v) is 5.24. The van der Waals surface area contributed by atoms with E-state index in [0.717, 1.165) is 18.6 Å². The number of carbonyl (C=O) groups is 1. The number of carbonyl (C=O) groups excluding carboxylic acids is 1. The highest BCUT2D eigenvalue weighted by atomic mass is 32.2.